The lowest BCUT2D eigenvalue weighted by Crippen LogP contribution is -2.43. The Bertz CT molecular complexity index is 785. The molecule has 1 saturated heterocycles. The summed E-state index contributed by atoms with van der Waals surface area (Å²) in [5.41, 5.74) is -0.460. The third-order valence-corrected chi connectivity index (χ3v) is 3.89. The van der Waals surface area contributed by atoms with E-state index in [2.05, 4.69) is 4.98 Å². The largest absolute Gasteiger partial charge is 0.341 e. The van der Waals surface area contributed by atoms with Gasteiger partial charge in [-0.05, 0) is 31.4 Å². The van der Waals surface area contributed by atoms with Gasteiger partial charge in [0.15, 0.2) is 0 Å². The second-order valence-corrected chi connectivity index (χ2v) is 5.31. The van der Waals surface area contributed by atoms with E-state index in [-0.39, 0.29) is 12.5 Å². The van der Waals surface area contributed by atoms with Crippen molar-refractivity contribution < 1.29 is 4.79 Å². The molecular formula is C15H17N3O3. The molecule has 1 aromatic heterocycles. The standard InChI is InChI=1S/C15H17N3O3/c19-13(17-8-4-1-5-9-17)10-18-14(20)11-6-2-3-7-12(11)16-15(18)21/h2-3,6-7H,1,4-5,8-10H2,(H,16,21). The normalized spacial score (nSPS) is 15.3. The first-order valence-corrected chi connectivity index (χ1v) is 7.16. The highest BCUT2D eigenvalue weighted by Gasteiger charge is 2.18. The lowest BCUT2D eigenvalue weighted by Gasteiger charge is -2.26. The van der Waals surface area contributed by atoms with Gasteiger partial charge in [0.2, 0.25) is 5.91 Å². The molecule has 21 heavy (non-hydrogen) atoms. The molecule has 1 amide bonds. The van der Waals surface area contributed by atoms with Crippen molar-refractivity contribution in [2.24, 2.45) is 0 Å². The molecule has 0 bridgehead atoms. The van der Waals surface area contributed by atoms with Gasteiger partial charge in [-0.2, -0.15) is 0 Å². The number of para-hydroxylation sites is 1. The zero-order valence-corrected chi connectivity index (χ0v) is 11.7. The number of nitrogens with zero attached hydrogens (tertiary/aromatic N) is 2. The maximum absolute atomic E-state index is 12.3. The number of aromatic nitrogens is 2. The monoisotopic (exact) mass is 287 g/mol. The molecule has 6 nitrogen and oxygen atoms in total. The lowest BCUT2D eigenvalue weighted by molar-refractivity contribution is -0.132. The number of hydrogen-bond donors (Lipinski definition) is 1. The van der Waals surface area contributed by atoms with E-state index in [1.807, 2.05) is 0 Å². The van der Waals surface area contributed by atoms with E-state index in [0.29, 0.717) is 24.0 Å². The van der Waals surface area contributed by atoms with Crippen molar-refractivity contribution in [3.05, 3.63) is 45.1 Å². The highest BCUT2D eigenvalue weighted by atomic mass is 16.2. The number of fused-ring (bicyclic) bond motifs is 1. The number of likely N-dealkylation sites (tertiary alicyclic amines) is 1. The van der Waals surface area contributed by atoms with Crippen LogP contribution in [0.2, 0.25) is 0 Å². The van der Waals surface area contributed by atoms with Gasteiger partial charge in [0.05, 0.1) is 10.9 Å². The van der Waals surface area contributed by atoms with Crippen LogP contribution in [0, 0.1) is 0 Å². The topological polar surface area (TPSA) is 75.2 Å². The molecule has 6 heteroatoms. The van der Waals surface area contributed by atoms with Crippen LogP contribution >= 0.6 is 0 Å². The first kappa shape index (κ1) is 13.6. The summed E-state index contributed by atoms with van der Waals surface area (Å²) in [5.74, 6) is -0.169. The molecule has 3 rings (SSSR count). The summed E-state index contributed by atoms with van der Waals surface area (Å²) in [6, 6.07) is 6.81. The fourth-order valence-electron chi connectivity index (χ4n) is 2.72. The SMILES string of the molecule is O=C(Cn1c(=O)[nH]c2ccccc2c1=O)N1CCCCC1. The van der Waals surface area contributed by atoms with Gasteiger partial charge in [-0.3, -0.25) is 14.2 Å². The van der Waals surface area contributed by atoms with Crippen molar-refractivity contribution in [2.75, 3.05) is 13.1 Å². The van der Waals surface area contributed by atoms with Crippen LogP contribution in [0.4, 0.5) is 0 Å². The maximum Gasteiger partial charge on any atom is 0.329 e. The number of H-pyrrole nitrogens is 1. The number of benzene rings is 1. The number of hydrogen-bond acceptors (Lipinski definition) is 3. The second-order valence-electron chi connectivity index (χ2n) is 5.31. The van der Waals surface area contributed by atoms with Gasteiger partial charge in [0.25, 0.3) is 5.56 Å². The van der Waals surface area contributed by atoms with E-state index in [1.165, 1.54) is 0 Å². The Morgan fingerprint density at radius 1 is 1.10 bits per heavy atom. The van der Waals surface area contributed by atoms with E-state index in [0.717, 1.165) is 23.8 Å². The Morgan fingerprint density at radius 3 is 2.57 bits per heavy atom. The Morgan fingerprint density at radius 2 is 1.81 bits per heavy atom. The van der Waals surface area contributed by atoms with Gasteiger partial charge in [0, 0.05) is 13.1 Å². The van der Waals surface area contributed by atoms with Crippen LogP contribution < -0.4 is 11.2 Å². The smallest absolute Gasteiger partial charge is 0.329 e. The lowest BCUT2D eigenvalue weighted by atomic mass is 10.1. The van der Waals surface area contributed by atoms with E-state index in [4.69, 9.17) is 0 Å². The number of piperidine rings is 1. The minimum absolute atomic E-state index is 0.169. The quantitative estimate of drug-likeness (QED) is 0.883. The maximum atomic E-state index is 12.3. The predicted molar refractivity (Wildman–Crippen MR) is 79.3 cm³/mol. The fourth-order valence-corrected chi connectivity index (χ4v) is 2.72. The number of nitrogens with one attached hydrogen (secondary N) is 1. The van der Waals surface area contributed by atoms with E-state index in [9.17, 15) is 14.4 Å². The van der Waals surface area contributed by atoms with Crippen LogP contribution in [-0.2, 0) is 11.3 Å². The van der Waals surface area contributed by atoms with Gasteiger partial charge < -0.3 is 9.88 Å². The van der Waals surface area contributed by atoms with Crippen molar-refractivity contribution in [3.8, 4) is 0 Å². The van der Waals surface area contributed by atoms with Crippen LogP contribution in [0.25, 0.3) is 10.9 Å². The zero-order valence-electron chi connectivity index (χ0n) is 11.7. The van der Waals surface area contributed by atoms with Crippen LogP contribution in [-0.4, -0.2) is 33.4 Å². The average Bonchev–Trinajstić information content (AvgIpc) is 2.52. The van der Waals surface area contributed by atoms with Crippen molar-refractivity contribution in [1.29, 1.82) is 0 Å². The molecule has 0 unspecified atom stereocenters. The van der Waals surface area contributed by atoms with Crippen LogP contribution in [0.3, 0.4) is 0 Å². The second kappa shape index (κ2) is 5.55. The van der Waals surface area contributed by atoms with Crippen LogP contribution in [0.5, 0.6) is 0 Å². The molecule has 2 aromatic rings. The zero-order chi connectivity index (χ0) is 14.8. The van der Waals surface area contributed by atoms with Crippen molar-refractivity contribution >= 4 is 16.8 Å². The molecule has 0 saturated carbocycles. The van der Waals surface area contributed by atoms with Crippen LogP contribution in [0.15, 0.2) is 33.9 Å². The fraction of sp³-hybridized carbons (Fsp3) is 0.400. The Balaban J connectivity index is 1.95. The molecule has 0 radical (unpaired) electrons. The van der Waals surface area contributed by atoms with Crippen molar-refractivity contribution in [3.63, 3.8) is 0 Å². The van der Waals surface area contributed by atoms with E-state index < -0.39 is 11.2 Å². The number of rotatable bonds is 2. The predicted octanol–water partition coefficient (Wildman–Crippen LogP) is 0.702. The van der Waals surface area contributed by atoms with Gasteiger partial charge >= 0.3 is 5.69 Å². The molecule has 1 N–H and O–H groups in total. The molecule has 0 aliphatic carbocycles. The highest BCUT2D eigenvalue weighted by molar-refractivity contribution is 5.79. The molecular weight excluding hydrogens is 270 g/mol. The summed E-state index contributed by atoms with van der Waals surface area (Å²) in [6.07, 6.45) is 3.09. The van der Waals surface area contributed by atoms with Crippen LogP contribution in [0.1, 0.15) is 19.3 Å². The summed E-state index contributed by atoms with van der Waals surface area (Å²) in [6.45, 7) is 1.22. The van der Waals surface area contributed by atoms with Gasteiger partial charge in [-0.1, -0.05) is 12.1 Å². The summed E-state index contributed by atoms with van der Waals surface area (Å²) < 4.78 is 0.985. The first-order chi connectivity index (χ1) is 10.2. The first-order valence-electron chi connectivity index (χ1n) is 7.16. The number of carbonyl (C=O) groups is 1. The highest BCUT2D eigenvalue weighted by Crippen LogP contribution is 2.09. The summed E-state index contributed by atoms with van der Waals surface area (Å²) in [5, 5.41) is 0.420. The molecule has 1 aliphatic heterocycles. The Hall–Kier alpha value is -2.37. The summed E-state index contributed by atoms with van der Waals surface area (Å²) in [4.78, 5) is 40.9. The number of amides is 1. The van der Waals surface area contributed by atoms with Crippen molar-refractivity contribution in [2.45, 2.75) is 25.8 Å². The van der Waals surface area contributed by atoms with Gasteiger partial charge in [-0.25, -0.2) is 4.79 Å². The molecule has 0 spiro atoms. The molecule has 1 aromatic carbocycles. The molecule has 1 aliphatic rings. The molecule has 110 valence electrons. The minimum atomic E-state index is -0.538. The summed E-state index contributed by atoms with van der Waals surface area (Å²) in [7, 11) is 0. The molecule has 0 atom stereocenters. The molecule has 2 heterocycles. The van der Waals surface area contributed by atoms with E-state index >= 15 is 0 Å². The Labute approximate surface area is 121 Å². The van der Waals surface area contributed by atoms with E-state index in [1.54, 1.807) is 29.2 Å². The number of carbonyl (C=O) groups excluding carboxylic acids is 1. The Kier molecular flexibility index (Phi) is 3.60. The third-order valence-electron chi connectivity index (χ3n) is 3.89. The number of aromatic amines is 1. The van der Waals surface area contributed by atoms with Gasteiger partial charge in [-0.15, -0.1) is 0 Å². The minimum Gasteiger partial charge on any atom is -0.341 e. The van der Waals surface area contributed by atoms with Gasteiger partial charge in [0.1, 0.15) is 6.54 Å². The summed E-state index contributed by atoms with van der Waals surface area (Å²) >= 11 is 0. The third kappa shape index (κ3) is 2.61. The molecule has 1 fully saturated rings. The van der Waals surface area contributed by atoms with Crippen molar-refractivity contribution in [1.82, 2.24) is 14.5 Å². The average molecular weight is 287 g/mol.